The van der Waals surface area contributed by atoms with Crippen LogP contribution >= 0.6 is 27.5 Å². The van der Waals surface area contributed by atoms with Gasteiger partial charge in [-0.1, -0.05) is 17.7 Å². The van der Waals surface area contributed by atoms with Crippen molar-refractivity contribution in [2.45, 2.75) is 26.7 Å². The van der Waals surface area contributed by atoms with Gasteiger partial charge in [-0.25, -0.2) is 0 Å². The number of ether oxygens (including phenoxy) is 3. The molecule has 0 unspecified atom stereocenters. The molecule has 2 aromatic carbocycles. The van der Waals surface area contributed by atoms with Gasteiger partial charge in [-0.15, -0.1) is 0 Å². The van der Waals surface area contributed by atoms with Crippen LogP contribution in [0, 0.1) is 25.2 Å². The molecule has 32 heavy (non-hydrogen) atoms. The number of halogens is 2. The van der Waals surface area contributed by atoms with E-state index in [0.717, 1.165) is 15.6 Å². The first-order valence-corrected chi connectivity index (χ1v) is 10.7. The van der Waals surface area contributed by atoms with E-state index in [2.05, 4.69) is 15.9 Å². The van der Waals surface area contributed by atoms with Crippen molar-refractivity contribution in [3.05, 3.63) is 56.0 Å². The van der Waals surface area contributed by atoms with Crippen LogP contribution in [0.25, 0.3) is 6.08 Å². The summed E-state index contributed by atoms with van der Waals surface area (Å²) in [5.74, 6) is -0.121. The fourth-order valence-corrected chi connectivity index (χ4v) is 3.45. The minimum atomic E-state index is -0.833. The lowest BCUT2D eigenvalue weighted by Crippen LogP contribution is -2.12. The predicted molar refractivity (Wildman–Crippen MR) is 125 cm³/mol. The van der Waals surface area contributed by atoms with Crippen molar-refractivity contribution in [3.63, 3.8) is 0 Å². The minimum absolute atomic E-state index is 0.133. The molecule has 0 saturated carbocycles. The lowest BCUT2D eigenvalue weighted by Gasteiger charge is -2.13. The number of hydrogen-bond acceptors (Lipinski definition) is 6. The molecule has 0 atom stereocenters. The first-order chi connectivity index (χ1) is 15.2. The number of nitrogens with zero attached hydrogens (tertiary/aromatic N) is 1. The molecule has 2 aromatic rings. The van der Waals surface area contributed by atoms with E-state index < -0.39 is 11.9 Å². The number of nitriles is 1. The number of rotatable bonds is 9. The maximum atomic E-state index is 12.2. The third kappa shape index (κ3) is 6.49. The van der Waals surface area contributed by atoms with Gasteiger partial charge in [0.05, 0.1) is 18.2 Å². The first-order valence-electron chi connectivity index (χ1n) is 9.56. The summed E-state index contributed by atoms with van der Waals surface area (Å²) in [7, 11) is 1.42. The second kappa shape index (κ2) is 11.6. The van der Waals surface area contributed by atoms with Crippen LogP contribution in [-0.4, -0.2) is 25.6 Å². The molecule has 0 aliphatic carbocycles. The fraction of sp³-hybridized carbons (Fsp3) is 0.261. The van der Waals surface area contributed by atoms with Crippen LogP contribution in [0.1, 0.15) is 29.5 Å². The Morgan fingerprint density at radius 1 is 1.22 bits per heavy atom. The molecule has 0 aliphatic rings. The number of aryl methyl sites for hydroxylation is 1. The molecule has 0 fully saturated rings. The Hall–Kier alpha value is -3.02. The number of hydrogen-bond donors (Lipinski definition) is 1. The van der Waals surface area contributed by atoms with E-state index in [4.69, 9.17) is 36.8 Å². The maximum Gasteiger partial charge on any atom is 0.311 e. The summed E-state index contributed by atoms with van der Waals surface area (Å²) >= 11 is 9.70. The summed E-state index contributed by atoms with van der Waals surface area (Å²) in [4.78, 5) is 23.4. The molecule has 0 saturated heterocycles. The van der Waals surface area contributed by atoms with Crippen LogP contribution in [0.4, 0.5) is 0 Å². The molecule has 168 valence electrons. The smallest absolute Gasteiger partial charge is 0.311 e. The highest BCUT2D eigenvalue weighted by atomic mass is 79.9. The van der Waals surface area contributed by atoms with Crippen LogP contribution in [0.3, 0.4) is 0 Å². The molecule has 0 radical (unpaired) electrons. The van der Waals surface area contributed by atoms with E-state index in [1.807, 2.05) is 19.9 Å². The van der Waals surface area contributed by atoms with Gasteiger partial charge >= 0.3 is 5.97 Å². The molecule has 2 rings (SSSR count). The molecule has 0 spiro atoms. The van der Waals surface area contributed by atoms with Gasteiger partial charge in [0.15, 0.2) is 11.5 Å². The van der Waals surface area contributed by atoms with Crippen molar-refractivity contribution in [1.82, 2.24) is 0 Å². The summed E-state index contributed by atoms with van der Waals surface area (Å²) < 4.78 is 17.2. The van der Waals surface area contributed by atoms with Gasteiger partial charge < -0.3 is 19.9 Å². The largest absolute Gasteiger partial charge is 0.493 e. The first kappa shape index (κ1) is 25.2. The predicted octanol–water partition coefficient (Wildman–Crippen LogP) is 4.88. The Morgan fingerprint density at radius 2 is 1.94 bits per heavy atom. The van der Waals surface area contributed by atoms with Crippen molar-refractivity contribution >= 4 is 45.5 Å². The summed E-state index contributed by atoms with van der Waals surface area (Å²) in [5, 5.41) is 9.63. The Balaban J connectivity index is 1.96. The zero-order chi connectivity index (χ0) is 23.8. The highest BCUT2D eigenvalue weighted by Gasteiger charge is 2.13. The summed E-state index contributed by atoms with van der Waals surface area (Å²) in [6, 6.07) is 8.20. The van der Waals surface area contributed by atoms with Gasteiger partial charge in [0.1, 0.15) is 17.4 Å². The van der Waals surface area contributed by atoms with E-state index in [0.29, 0.717) is 29.4 Å². The van der Waals surface area contributed by atoms with Crippen LogP contribution < -0.4 is 19.9 Å². The van der Waals surface area contributed by atoms with Crippen molar-refractivity contribution in [2.24, 2.45) is 5.73 Å². The van der Waals surface area contributed by atoms with Crippen LogP contribution in [0.2, 0.25) is 5.02 Å². The molecular formula is C23H22BrClN2O5. The number of carbonyl (C=O) groups is 2. The van der Waals surface area contributed by atoms with Crippen molar-refractivity contribution < 1.29 is 23.8 Å². The second-order valence-electron chi connectivity index (χ2n) is 6.82. The average molecular weight is 522 g/mol. The fourth-order valence-electron chi connectivity index (χ4n) is 2.76. The molecule has 1 amide bonds. The third-order valence-electron chi connectivity index (χ3n) is 4.46. The average Bonchev–Trinajstić information content (AvgIpc) is 2.77. The number of nitrogens with two attached hydrogens (primary N) is 1. The zero-order valence-corrected chi connectivity index (χ0v) is 20.2. The molecule has 2 N–H and O–H groups in total. The number of methoxy groups -OCH3 is 1. The topological polar surface area (TPSA) is 112 Å². The molecule has 0 aromatic heterocycles. The van der Waals surface area contributed by atoms with E-state index >= 15 is 0 Å². The second-order valence-corrected chi connectivity index (χ2v) is 7.99. The van der Waals surface area contributed by atoms with Crippen molar-refractivity contribution in [1.29, 1.82) is 5.26 Å². The summed E-state index contributed by atoms with van der Waals surface area (Å²) in [5.41, 5.74) is 7.24. The SMILES string of the molecule is COc1cc(/C=C(\C#N)C(N)=O)ccc1OC(=O)CCCOc1cc(C)c(Cl)c(C)c1Br. The van der Waals surface area contributed by atoms with Gasteiger partial charge in [-0.3, -0.25) is 9.59 Å². The lowest BCUT2D eigenvalue weighted by molar-refractivity contribution is -0.134. The molecule has 0 bridgehead atoms. The molecular weight excluding hydrogens is 500 g/mol. The standard InChI is InChI=1S/C23H22BrClN2O5/c1-13-9-19(21(24)14(2)22(13)25)31-8-4-5-20(28)32-17-7-6-15(11-18(17)30-3)10-16(12-26)23(27)29/h6-7,9-11H,4-5,8H2,1-3H3,(H2,27,29)/b16-10+. The van der Waals surface area contributed by atoms with Crippen molar-refractivity contribution in [3.8, 4) is 23.3 Å². The van der Waals surface area contributed by atoms with Crippen LogP contribution in [0.5, 0.6) is 17.2 Å². The van der Waals surface area contributed by atoms with Gasteiger partial charge in [0, 0.05) is 11.4 Å². The highest BCUT2D eigenvalue weighted by molar-refractivity contribution is 9.10. The third-order valence-corrected chi connectivity index (χ3v) is 6.03. The Kier molecular flexibility index (Phi) is 9.12. The quantitative estimate of drug-likeness (QED) is 0.165. The van der Waals surface area contributed by atoms with E-state index in [1.165, 1.54) is 25.3 Å². The lowest BCUT2D eigenvalue weighted by atomic mass is 10.1. The minimum Gasteiger partial charge on any atom is -0.493 e. The van der Waals surface area contributed by atoms with E-state index in [-0.39, 0.29) is 23.5 Å². The summed E-state index contributed by atoms with van der Waals surface area (Å²) in [6.45, 7) is 4.11. The number of esters is 1. The maximum absolute atomic E-state index is 12.2. The Labute approximate surface area is 199 Å². The normalized spacial score (nSPS) is 10.9. The summed E-state index contributed by atoms with van der Waals surface area (Å²) in [6.07, 6.45) is 1.90. The van der Waals surface area contributed by atoms with Gasteiger partial charge in [-0.2, -0.15) is 5.26 Å². The van der Waals surface area contributed by atoms with E-state index in [1.54, 1.807) is 12.1 Å². The van der Waals surface area contributed by atoms with E-state index in [9.17, 15) is 9.59 Å². The Morgan fingerprint density at radius 3 is 2.56 bits per heavy atom. The van der Waals surface area contributed by atoms with Gasteiger partial charge in [0.25, 0.3) is 5.91 Å². The zero-order valence-electron chi connectivity index (χ0n) is 17.8. The molecule has 7 nitrogen and oxygen atoms in total. The molecule has 0 aliphatic heterocycles. The molecule has 0 heterocycles. The van der Waals surface area contributed by atoms with Gasteiger partial charge in [0.2, 0.25) is 0 Å². The number of primary amides is 1. The number of amides is 1. The number of carbonyl (C=O) groups excluding carboxylic acids is 2. The number of benzene rings is 2. The highest BCUT2D eigenvalue weighted by Crippen LogP contribution is 2.36. The van der Waals surface area contributed by atoms with Crippen LogP contribution in [0.15, 0.2) is 34.3 Å². The molecule has 9 heteroatoms. The van der Waals surface area contributed by atoms with Crippen molar-refractivity contribution in [2.75, 3.05) is 13.7 Å². The monoisotopic (exact) mass is 520 g/mol. The van der Waals surface area contributed by atoms with Gasteiger partial charge in [-0.05, 0) is 77.2 Å². The van der Waals surface area contributed by atoms with Crippen LogP contribution in [-0.2, 0) is 9.59 Å². The Bertz CT molecular complexity index is 1110.